The van der Waals surface area contributed by atoms with Gasteiger partial charge in [-0.2, -0.15) is 0 Å². The van der Waals surface area contributed by atoms with E-state index in [-0.39, 0.29) is 42.0 Å². The van der Waals surface area contributed by atoms with E-state index in [0.29, 0.717) is 6.42 Å². The summed E-state index contributed by atoms with van der Waals surface area (Å²) in [5.74, 6) is -0.522. The molecule has 5 heteroatoms. The second kappa shape index (κ2) is 6.24. The van der Waals surface area contributed by atoms with Crippen LogP contribution in [0.5, 0.6) is 0 Å². The number of hydrogen-bond acceptors (Lipinski definition) is 3. The largest absolute Gasteiger partial charge is 0.352 e. The molecule has 116 valence electrons. The molecule has 0 spiro atoms. The second-order valence-electron chi connectivity index (χ2n) is 6.38. The number of ketones is 1. The van der Waals surface area contributed by atoms with E-state index >= 15 is 0 Å². The summed E-state index contributed by atoms with van der Waals surface area (Å²) in [6, 6.07) is -0.193. The van der Waals surface area contributed by atoms with Crippen molar-refractivity contribution in [3.05, 3.63) is 25.3 Å². The Hall–Kier alpha value is -1.91. The van der Waals surface area contributed by atoms with Gasteiger partial charge in [-0.15, -0.1) is 0 Å². The SMILES string of the molecule is C=CC(=O)NCC1(C)C(=O)CC(NC(=O)C=C)CC1(C)C. The molecule has 2 atom stereocenters. The highest BCUT2D eigenvalue weighted by molar-refractivity contribution is 5.91. The molecule has 1 fully saturated rings. The Labute approximate surface area is 125 Å². The van der Waals surface area contributed by atoms with Gasteiger partial charge in [0.1, 0.15) is 5.78 Å². The zero-order chi connectivity index (χ0) is 16.3. The first-order chi connectivity index (χ1) is 9.66. The number of carbonyl (C=O) groups is 3. The fraction of sp³-hybridized carbons (Fsp3) is 0.562. The Morgan fingerprint density at radius 1 is 1.24 bits per heavy atom. The van der Waals surface area contributed by atoms with E-state index in [9.17, 15) is 14.4 Å². The maximum atomic E-state index is 12.6. The maximum Gasteiger partial charge on any atom is 0.243 e. The highest BCUT2D eigenvalue weighted by Gasteiger charge is 2.51. The van der Waals surface area contributed by atoms with Crippen LogP contribution in [0.3, 0.4) is 0 Å². The summed E-state index contributed by atoms with van der Waals surface area (Å²) in [5, 5.41) is 5.50. The average Bonchev–Trinajstić information content (AvgIpc) is 2.41. The van der Waals surface area contributed by atoms with Crippen LogP contribution < -0.4 is 10.6 Å². The lowest BCUT2D eigenvalue weighted by atomic mass is 9.56. The molecule has 1 rings (SSSR count). The van der Waals surface area contributed by atoms with Crippen LogP contribution in [0.4, 0.5) is 0 Å². The monoisotopic (exact) mass is 292 g/mol. The molecule has 2 amide bonds. The topological polar surface area (TPSA) is 75.3 Å². The molecule has 2 unspecified atom stereocenters. The fourth-order valence-electron chi connectivity index (χ4n) is 2.78. The van der Waals surface area contributed by atoms with Gasteiger partial charge in [0.25, 0.3) is 0 Å². The first-order valence-electron chi connectivity index (χ1n) is 7.03. The second-order valence-corrected chi connectivity index (χ2v) is 6.38. The van der Waals surface area contributed by atoms with E-state index in [0.717, 1.165) is 0 Å². The van der Waals surface area contributed by atoms with Gasteiger partial charge in [0.2, 0.25) is 11.8 Å². The predicted molar refractivity (Wildman–Crippen MR) is 81.5 cm³/mol. The van der Waals surface area contributed by atoms with Crippen molar-refractivity contribution in [1.29, 1.82) is 0 Å². The number of carbonyl (C=O) groups excluding carboxylic acids is 3. The number of rotatable bonds is 5. The summed E-state index contributed by atoms with van der Waals surface area (Å²) in [5.41, 5.74) is -1.02. The van der Waals surface area contributed by atoms with Gasteiger partial charge in [-0.3, -0.25) is 14.4 Å². The molecule has 0 aromatic rings. The van der Waals surface area contributed by atoms with Gasteiger partial charge in [0, 0.05) is 24.4 Å². The lowest BCUT2D eigenvalue weighted by molar-refractivity contribution is -0.141. The Balaban J connectivity index is 2.86. The van der Waals surface area contributed by atoms with E-state index in [4.69, 9.17) is 0 Å². The summed E-state index contributed by atoms with van der Waals surface area (Å²) >= 11 is 0. The van der Waals surface area contributed by atoms with Crippen molar-refractivity contribution in [1.82, 2.24) is 10.6 Å². The number of nitrogens with one attached hydrogen (secondary N) is 2. The van der Waals surface area contributed by atoms with E-state index < -0.39 is 5.41 Å². The van der Waals surface area contributed by atoms with Crippen molar-refractivity contribution in [2.45, 2.75) is 39.7 Å². The van der Waals surface area contributed by atoms with Crippen LogP contribution in [0.2, 0.25) is 0 Å². The van der Waals surface area contributed by atoms with Crippen molar-refractivity contribution in [3.63, 3.8) is 0 Å². The van der Waals surface area contributed by atoms with E-state index in [1.165, 1.54) is 12.2 Å². The van der Waals surface area contributed by atoms with Crippen LogP contribution in [0.15, 0.2) is 25.3 Å². The molecule has 0 radical (unpaired) electrons. The van der Waals surface area contributed by atoms with E-state index in [1.54, 1.807) is 0 Å². The zero-order valence-electron chi connectivity index (χ0n) is 13.0. The van der Waals surface area contributed by atoms with Crippen LogP contribution in [0.1, 0.15) is 33.6 Å². The highest BCUT2D eigenvalue weighted by Crippen LogP contribution is 2.47. The standard InChI is InChI=1S/C16H24N2O3/c1-6-13(20)17-10-16(5)12(19)8-11(9-15(16,3)4)18-14(21)7-2/h6-7,11H,1-2,8-10H2,3-5H3,(H,17,20)(H,18,21). The third kappa shape index (κ3) is 3.60. The highest BCUT2D eigenvalue weighted by atomic mass is 16.2. The van der Waals surface area contributed by atoms with E-state index in [2.05, 4.69) is 23.8 Å². The minimum Gasteiger partial charge on any atom is -0.352 e. The molecule has 1 aliphatic rings. The minimum atomic E-state index is -0.666. The third-order valence-electron chi connectivity index (χ3n) is 4.63. The molecular weight excluding hydrogens is 268 g/mol. The number of amides is 2. The Morgan fingerprint density at radius 2 is 1.81 bits per heavy atom. The van der Waals surface area contributed by atoms with Crippen molar-refractivity contribution >= 4 is 17.6 Å². The molecule has 0 aliphatic heterocycles. The first-order valence-corrected chi connectivity index (χ1v) is 7.03. The van der Waals surface area contributed by atoms with Gasteiger partial charge in [-0.1, -0.05) is 33.9 Å². The zero-order valence-corrected chi connectivity index (χ0v) is 13.0. The smallest absolute Gasteiger partial charge is 0.243 e. The molecule has 0 aromatic carbocycles. The number of Topliss-reactive ketones (excluding diaryl/α,β-unsaturated/α-hetero) is 1. The Kier molecular flexibility index (Phi) is 5.10. The molecule has 5 nitrogen and oxygen atoms in total. The summed E-state index contributed by atoms with van der Waals surface area (Å²) in [7, 11) is 0. The molecule has 0 bridgehead atoms. The molecule has 0 saturated heterocycles. The van der Waals surface area contributed by atoms with E-state index in [1.807, 2.05) is 20.8 Å². The molecule has 0 aromatic heterocycles. The molecular formula is C16H24N2O3. The van der Waals surface area contributed by atoms with Crippen molar-refractivity contribution < 1.29 is 14.4 Å². The molecule has 2 N–H and O–H groups in total. The first kappa shape index (κ1) is 17.1. The van der Waals surface area contributed by atoms with Crippen LogP contribution in [-0.4, -0.2) is 30.2 Å². The molecule has 1 saturated carbocycles. The molecule has 0 heterocycles. The Bertz CT molecular complexity index is 482. The van der Waals surface area contributed by atoms with Gasteiger partial charge < -0.3 is 10.6 Å². The quantitative estimate of drug-likeness (QED) is 0.751. The fourth-order valence-corrected chi connectivity index (χ4v) is 2.78. The summed E-state index contributed by atoms with van der Waals surface area (Å²) in [6.45, 7) is 12.9. The van der Waals surface area contributed by atoms with Crippen LogP contribution >= 0.6 is 0 Å². The predicted octanol–water partition coefficient (Wildman–Crippen LogP) is 1.35. The van der Waals surface area contributed by atoms with Gasteiger partial charge in [0.05, 0.1) is 0 Å². The molecule has 1 aliphatic carbocycles. The van der Waals surface area contributed by atoms with Crippen LogP contribution in [-0.2, 0) is 14.4 Å². The van der Waals surface area contributed by atoms with Gasteiger partial charge in [0.15, 0.2) is 0 Å². The third-order valence-corrected chi connectivity index (χ3v) is 4.63. The normalized spacial score (nSPS) is 27.6. The summed E-state index contributed by atoms with van der Waals surface area (Å²) in [4.78, 5) is 35.3. The number of hydrogen-bond donors (Lipinski definition) is 2. The maximum absolute atomic E-state index is 12.6. The average molecular weight is 292 g/mol. The van der Waals surface area contributed by atoms with Crippen LogP contribution in [0, 0.1) is 10.8 Å². The van der Waals surface area contributed by atoms with Crippen molar-refractivity contribution in [3.8, 4) is 0 Å². The lowest BCUT2D eigenvalue weighted by Crippen LogP contribution is -2.57. The Morgan fingerprint density at radius 3 is 2.29 bits per heavy atom. The van der Waals surface area contributed by atoms with Gasteiger partial charge in [-0.25, -0.2) is 0 Å². The summed E-state index contributed by atoms with van der Waals surface area (Å²) in [6.07, 6.45) is 3.33. The minimum absolute atomic E-state index is 0.0393. The lowest BCUT2D eigenvalue weighted by Gasteiger charge is -2.49. The van der Waals surface area contributed by atoms with Gasteiger partial charge >= 0.3 is 0 Å². The van der Waals surface area contributed by atoms with Crippen molar-refractivity contribution in [2.75, 3.05) is 6.54 Å². The van der Waals surface area contributed by atoms with Crippen LogP contribution in [0.25, 0.3) is 0 Å². The van der Waals surface area contributed by atoms with Crippen molar-refractivity contribution in [2.24, 2.45) is 10.8 Å². The molecule has 21 heavy (non-hydrogen) atoms. The summed E-state index contributed by atoms with van der Waals surface area (Å²) < 4.78 is 0. The van der Waals surface area contributed by atoms with Gasteiger partial charge in [-0.05, 0) is 24.0 Å².